The van der Waals surface area contributed by atoms with Gasteiger partial charge in [-0.05, 0) is 43.4 Å². The molecule has 0 saturated carbocycles. The second kappa shape index (κ2) is 9.24. The van der Waals surface area contributed by atoms with Gasteiger partial charge in [0.25, 0.3) is 0 Å². The van der Waals surface area contributed by atoms with Crippen LogP contribution in [0.3, 0.4) is 0 Å². The number of hydrogen-bond donors (Lipinski definition) is 0. The number of rotatable bonds is 9. The van der Waals surface area contributed by atoms with Gasteiger partial charge in [-0.2, -0.15) is 0 Å². The van der Waals surface area contributed by atoms with E-state index in [-0.39, 0.29) is 0 Å². The summed E-state index contributed by atoms with van der Waals surface area (Å²) in [4.78, 5) is 4.45. The highest BCUT2D eigenvalue weighted by Gasteiger charge is 2.01. The molecule has 0 amide bonds. The minimum Gasteiger partial charge on any atom is -0.260 e. The summed E-state index contributed by atoms with van der Waals surface area (Å²) < 4.78 is 12.7. The number of pyridine rings is 1. The summed E-state index contributed by atoms with van der Waals surface area (Å²) in [5.41, 5.74) is 4.72. The summed E-state index contributed by atoms with van der Waals surface area (Å²) in [6, 6.07) is 12.8. The van der Waals surface area contributed by atoms with Crippen LogP contribution >= 0.6 is 0 Å². The van der Waals surface area contributed by atoms with E-state index in [0.717, 1.165) is 43.4 Å². The Morgan fingerprint density at radius 2 is 1.78 bits per heavy atom. The molecule has 0 aliphatic carbocycles. The maximum absolute atomic E-state index is 12.7. The van der Waals surface area contributed by atoms with E-state index in [1.807, 2.05) is 12.3 Å². The van der Waals surface area contributed by atoms with Crippen LogP contribution in [0.15, 0.2) is 55.3 Å². The highest BCUT2D eigenvalue weighted by atomic mass is 19.1. The average Bonchev–Trinajstić information content (AvgIpc) is 2.56. The lowest BCUT2D eigenvalue weighted by Gasteiger charge is -2.06. The van der Waals surface area contributed by atoms with Gasteiger partial charge in [-0.3, -0.25) is 4.98 Å². The van der Waals surface area contributed by atoms with Crippen LogP contribution in [0.5, 0.6) is 0 Å². The third-order valence-corrected chi connectivity index (χ3v) is 4.03. The molecule has 0 N–H and O–H groups in total. The number of benzene rings is 1. The smallest absolute Gasteiger partial charge is 0.0973 e. The third-order valence-electron chi connectivity index (χ3n) is 4.03. The van der Waals surface area contributed by atoms with Gasteiger partial charge >= 0.3 is 0 Å². The third kappa shape index (κ3) is 5.97. The first kappa shape index (κ1) is 17.4. The molecule has 1 aromatic heterocycles. The summed E-state index contributed by atoms with van der Waals surface area (Å²) in [6.45, 7) is 5.37. The normalized spacial score (nSPS) is 12.1. The zero-order chi connectivity index (χ0) is 16.5. The molecule has 1 aromatic carbocycles. The van der Waals surface area contributed by atoms with Crippen molar-refractivity contribution in [2.45, 2.75) is 51.6 Å². The predicted octanol–water partition coefficient (Wildman–Crippen LogP) is 5.94. The van der Waals surface area contributed by atoms with Gasteiger partial charge < -0.3 is 0 Å². The molecule has 122 valence electrons. The Kier molecular flexibility index (Phi) is 6.99. The van der Waals surface area contributed by atoms with Crippen molar-refractivity contribution in [2.24, 2.45) is 0 Å². The number of nitrogens with zero attached hydrogens (tertiary/aromatic N) is 1. The van der Waals surface area contributed by atoms with Crippen LogP contribution in [-0.2, 0) is 12.8 Å². The Balaban J connectivity index is 1.85. The van der Waals surface area contributed by atoms with E-state index < -0.39 is 6.17 Å². The maximum Gasteiger partial charge on any atom is 0.0973 e. The summed E-state index contributed by atoms with van der Waals surface area (Å²) in [5, 5.41) is 0. The number of aryl methyl sites for hydroxylation is 1. The molecule has 0 fully saturated rings. The fourth-order valence-electron chi connectivity index (χ4n) is 2.66. The molecule has 1 unspecified atom stereocenters. The molecule has 2 rings (SSSR count). The quantitative estimate of drug-likeness (QED) is 0.412. The molecular formula is C21H26FN. The first-order chi connectivity index (χ1) is 11.2. The van der Waals surface area contributed by atoms with Crippen molar-refractivity contribution in [2.75, 3.05) is 0 Å². The lowest BCUT2D eigenvalue weighted by molar-refractivity contribution is 0.330. The highest BCUT2D eigenvalue weighted by molar-refractivity contribution is 5.62. The van der Waals surface area contributed by atoms with Gasteiger partial charge in [0.1, 0.15) is 0 Å². The molecule has 1 atom stereocenters. The minimum atomic E-state index is -0.666. The van der Waals surface area contributed by atoms with Gasteiger partial charge in [0, 0.05) is 23.9 Å². The second-order valence-corrected chi connectivity index (χ2v) is 6.11. The maximum atomic E-state index is 12.7. The van der Waals surface area contributed by atoms with Gasteiger partial charge in [0.05, 0.1) is 6.17 Å². The molecule has 0 saturated heterocycles. The van der Waals surface area contributed by atoms with Crippen LogP contribution < -0.4 is 0 Å². The predicted molar refractivity (Wildman–Crippen MR) is 96.3 cm³/mol. The first-order valence-electron chi connectivity index (χ1n) is 8.48. The largest absolute Gasteiger partial charge is 0.260 e. The van der Waals surface area contributed by atoms with Crippen molar-refractivity contribution in [1.29, 1.82) is 0 Å². The van der Waals surface area contributed by atoms with Crippen LogP contribution in [0.4, 0.5) is 4.39 Å². The molecule has 0 bridgehead atoms. The van der Waals surface area contributed by atoms with E-state index in [2.05, 4.69) is 48.0 Å². The topological polar surface area (TPSA) is 12.9 Å². The van der Waals surface area contributed by atoms with Gasteiger partial charge in [-0.25, -0.2) is 4.39 Å². The lowest BCUT2D eigenvalue weighted by atomic mass is 10.0. The average molecular weight is 311 g/mol. The molecule has 0 aliphatic rings. The molecule has 23 heavy (non-hydrogen) atoms. The Bertz CT molecular complexity index is 584. The van der Waals surface area contributed by atoms with E-state index in [9.17, 15) is 4.39 Å². The van der Waals surface area contributed by atoms with Crippen molar-refractivity contribution in [3.63, 3.8) is 0 Å². The van der Waals surface area contributed by atoms with Crippen molar-refractivity contribution in [1.82, 2.24) is 4.98 Å². The molecule has 1 nitrogen and oxygen atoms in total. The molecule has 2 heteroatoms. The molecule has 2 aromatic rings. The number of allylic oxidation sites excluding steroid dienone is 1. The van der Waals surface area contributed by atoms with Gasteiger partial charge in [-0.15, -0.1) is 6.58 Å². The summed E-state index contributed by atoms with van der Waals surface area (Å²) in [5.74, 6) is 0. The van der Waals surface area contributed by atoms with Crippen molar-refractivity contribution < 1.29 is 4.39 Å². The van der Waals surface area contributed by atoms with Crippen LogP contribution in [0.2, 0.25) is 0 Å². The van der Waals surface area contributed by atoms with Crippen LogP contribution in [0.1, 0.15) is 43.9 Å². The Hall–Kier alpha value is -1.96. The number of unbranched alkanes of at least 4 members (excludes halogenated alkanes) is 2. The highest BCUT2D eigenvalue weighted by Crippen LogP contribution is 2.20. The zero-order valence-electron chi connectivity index (χ0n) is 14.0. The first-order valence-corrected chi connectivity index (χ1v) is 8.48. The van der Waals surface area contributed by atoms with Crippen molar-refractivity contribution in [3.05, 3.63) is 66.5 Å². The molecule has 0 aliphatic heterocycles. The van der Waals surface area contributed by atoms with Gasteiger partial charge in [-0.1, -0.05) is 49.2 Å². The van der Waals surface area contributed by atoms with Crippen molar-refractivity contribution >= 4 is 0 Å². The van der Waals surface area contributed by atoms with E-state index in [4.69, 9.17) is 0 Å². The SMILES string of the molecule is C=CCc1ccc(-c2ccc(CCCCCC(C)F)cc2)cn1. The fraction of sp³-hybridized carbons (Fsp3) is 0.381. The van der Waals surface area contributed by atoms with Crippen LogP contribution in [0, 0.1) is 0 Å². The Morgan fingerprint density at radius 1 is 1.04 bits per heavy atom. The van der Waals surface area contributed by atoms with Gasteiger partial charge in [0.15, 0.2) is 0 Å². The zero-order valence-corrected chi connectivity index (χ0v) is 14.0. The Morgan fingerprint density at radius 3 is 2.39 bits per heavy atom. The number of alkyl halides is 1. The van der Waals surface area contributed by atoms with Gasteiger partial charge in [0.2, 0.25) is 0 Å². The van der Waals surface area contributed by atoms with E-state index in [0.29, 0.717) is 6.42 Å². The summed E-state index contributed by atoms with van der Waals surface area (Å²) in [6.07, 6.45) is 8.90. The van der Waals surface area contributed by atoms with Crippen LogP contribution in [0.25, 0.3) is 11.1 Å². The molecular weight excluding hydrogens is 285 g/mol. The lowest BCUT2D eigenvalue weighted by Crippen LogP contribution is -1.93. The molecule has 1 heterocycles. The fourth-order valence-corrected chi connectivity index (χ4v) is 2.66. The second-order valence-electron chi connectivity index (χ2n) is 6.11. The van der Waals surface area contributed by atoms with E-state index >= 15 is 0 Å². The number of aromatic nitrogens is 1. The molecule has 0 spiro atoms. The van der Waals surface area contributed by atoms with Crippen LogP contribution in [-0.4, -0.2) is 11.2 Å². The summed E-state index contributed by atoms with van der Waals surface area (Å²) in [7, 11) is 0. The molecule has 0 radical (unpaired) electrons. The van der Waals surface area contributed by atoms with Crippen molar-refractivity contribution in [3.8, 4) is 11.1 Å². The minimum absolute atomic E-state index is 0.666. The van der Waals surface area contributed by atoms with E-state index in [1.165, 1.54) is 11.1 Å². The monoisotopic (exact) mass is 311 g/mol. The summed E-state index contributed by atoms with van der Waals surface area (Å²) >= 11 is 0. The Labute approximate surface area is 139 Å². The van der Waals surface area contributed by atoms with E-state index in [1.54, 1.807) is 6.92 Å². The standard InChI is InChI=1S/C21H26FN/c1-3-7-21-15-14-20(16-23-21)19-12-10-18(11-13-19)9-6-4-5-8-17(2)22/h3,10-17H,1,4-9H2,2H3. The number of halogens is 1. The number of hydrogen-bond acceptors (Lipinski definition) is 1.